The van der Waals surface area contributed by atoms with Crippen molar-refractivity contribution in [2.75, 3.05) is 0 Å². The number of Topliss-reactive ketones (excluding diaryl/α,β-unsaturated/α-hetero) is 1. The van der Waals surface area contributed by atoms with Crippen LogP contribution in [0.1, 0.15) is 36.3 Å². The van der Waals surface area contributed by atoms with E-state index in [0.29, 0.717) is 6.42 Å². The Balaban J connectivity index is 2.31. The van der Waals surface area contributed by atoms with Gasteiger partial charge in [0.2, 0.25) is 0 Å². The SMILES string of the molecule is CC1(C)CC(=O)c2cnc3ccnn3c2C1. The van der Waals surface area contributed by atoms with E-state index in [1.54, 1.807) is 16.9 Å². The Kier molecular flexibility index (Phi) is 1.73. The van der Waals surface area contributed by atoms with Crippen molar-refractivity contribution in [3.05, 3.63) is 29.7 Å². The summed E-state index contributed by atoms with van der Waals surface area (Å²) >= 11 is 0. The Morgan fingerprint density at radius 1 is 1.38 bits per heavy atom. The number of hydrogen-bond donors (Lipinski definition) is 0. The summed E-state index contributed by atoms with van der Waals surface area (Å²) in [5.74, 6) is 0.177. The quantitative estimate of drug-likeness (QED) is 0.674. The Hall–Kier alpha value is -1.71. The Bertz CT molecular complexity index is 583. The van der Waals surface area contributed by atoms with Crippen molar-refractivity contribution in [3.63, 3.8) is 0 Å². The molecule has 0 amide bonds. The van der Waals surface area contributed by atoms with Crippen LogP contribution >= 0.6 is 0 Å². The van der Waals surface area contributed by atoms with Crippen molar-refractivity contribution in [2.45, 2.75) is 26.7 Å². The lowest BCUT2D eigenvalue weighted by molar-refractivity contribution is 0.0908. The van der Waals surface area contributed by atoms with Crippen molar-refractivity contribution in [1.82, 2.24) is 14.6 Å². The van der Waals surface area contributed by atoms with E-state index in [1.807, 2.05) is 6.07 Å². The number of carbonyl (C=O) groups excluding carboxylic acids is 1. The molecule has 0 saturated heterocycles. The van der Waals surface area contributed by atoms with Gasteiger partial charge in [-0.1, -0.05) is 13.8 Å². The molecule has 1 aliphatic carbocycles. The van der Waals surface area contributed by atoms with Crippen LogP contribution in [-0.2, 0) is 6.42 Å². The molecule has 4 nitrogen and oxygen atoms in total. The van der Waals surface area contributed by atoms with Crippen LogP contribution in [0.5, 0.6) is 0 Å². The highest BCUT2D eigenvalue weighted by molar-refractivity contribution is 5.98. The second kappa shape index (κ2) is 2.90. The zero-order valence-corrected chi connectivity index (χ0v) is 9.40. The molecule has 0 atom stereocenters. The molecular formula is C12H13N3O. The first-order valence-corrected chi connectivity index (χ1v) is 5.42. The molecule has 2 aromatic rings. The van der Waals surface area contributed by atoms with E-state index in [9.17, 15) is 4.79 Å². The van der Waals surface area contributed by atoms with Crippen molar-refractivity contribution in [1.29, 1.82) is 0 Å². The van der Waals surface area contributed by atoms with Crippen LogP contribution in [-0.4, -0.2) is 20.4 Å². The van der Waals surface area contributed by atoms with Crippen LogP contribution in [0.25, 0.3) is 5.65 Å². The van der Waals surface area contributed by atoms with Gasteiger partial charge in [-0.2, -0.15) is 5.10 Å². The highest BCUT2D eigenvalue weighted by Crippen LogP contribution is 2.34. The molecule has 0 saturated carbocycles. The van der Waals surface area contributed by atoms with Crippen molar-refractivity contribution < 1.29 is 4.79 Å². The molecule has 82 valence electrons. The second-order valence-electron chi connectivity index (χ2n) is 5.16. The van der Waals surface area contributed by atoms with Gasteiger partial charge in [0.25, 0.3) is 0 Å². The highest BCUT2D eigenvalue weighted by atomic mass is 16.1. The van der Waals surface area contributed by atoms with E-state index in [2.05, 4.69) is 23.9 Å². The van der Waals surface area contributed by atoms with Gasteiger partial charge >= 0.3 is 0 Å². The molecule has 16 heavy (non-hydrogen) atoms. The molecule has 1 aliphatic rings. The molecule has 0 unspecified atom stereocenters. The first kappa shape index (κ1) is 9.51. The summed E-state index contributed by atoms with van der Waals surface area (Å²) < 4.78 is 1.79. The maximum absolute atomic E-state index is 12.0. The lowest BCUT2D eigenvalue weighted by atomic mass is 9.76. The van der Waals surface area contributed by atoms with Gasteiger partial charge in [0, 0.05) is 18.7 Å². The number of rotatable bonds is 0. The van der Waals surface area contributed by atoms with Crippen molar-refractivity contribution >= 4 is 11.4 Å². The lowest BCUT2D eigenvalue weighted by Gasteiger charge is -2.29. The maximum Gasteiger partial charge on any atom is 0.166 e. The Morgan fingerprint density at radius 3 is 3.00 bits per heavy atom. The van der Waals surface area contributed by atoms with Gasteiger partial charge < -0.3 is 0 Å². The largest absolute Gasteiger partial charge is 0.294 e. The second-order valence-corrected chi connectivity index (χ2v) is 5.16. The number of ketones is 1. The predicted molar refractivity (Wildman–Crippen MR) is 59.4 cm³/mol. The molecule has 0 spiro atoms. The zero-order chi connectivity index (χ0) is 11.3. The Morgan fingerprint density at radius 2 is 2.19 bits per heavy atom. The van der Waals surface area contributed by atoms with Crippen LogP contribution in [0.3, 0.4) is 0 Å². The van der Waals surface area contributed by atoms with Gasteiger partial charge in [0.15, 0.2) is 11.4 Å². The molecule has 0 bridgehead atoms. The predicted octanol–water partition coefficient (Wildman–Crippen LogP) is 1.88. The minimum atomic E-state index is 0.0182. The van der Waals surface area contributed by atoms with E-state index in [4.69, 9.17) is 0 Å². The summed E-state index contributed by atoms with van der Waals surface area (Å²) in [5, 5.41) is 4.23. The smallest absolute Gasteiger partial charge is 0.166 e. The average molecular weight is 215 g/mol. The van der Waals surface area contributed by atoms with Gasteiger partial charge in [-0.3, -0.25) is 4.79 Å². The fourth-order valence-corrected chi connectivity index (χ4v) is 2.37. The van der Waals surface area contributed by atoms with Crippen LogP contribution in [0.2, 0.25) is 0 Å². The minimum absolute atomic E-state index is 0.0182. The van der Waals surface area contributed by atoms with Gasteiger partial charge in [-0.05, 0) is 11.8 Å². The molecule has 2 aromatic heterocycles. The molecule has 0 radical (unpaired) electrons. The van der Waals surface area contributed by atoms with Gasteiger partial charge in [0.05, 0.1) is 17.5 Å². The summed E-state index contributed by atoms with van der Waals surface area (Å²) in [6.07, 6.45) is 4.86. The summed E-state index contributed by atoms with van der Waals surface area (Å²) in [7, 11) is 0. The molecule has 0 fully saturated rings. The third kappa shape index (κ3) is 1.26. The van der Waals surface area contributed by atoms with Crippen LogP contribution < -0.4 is 0 Å². The maximum atomic E-state index is 12.0. The normalized spacial score (nSPS) is 18.8. The Labute approximate surface area is 93.3 Å². The monoisotopic (exact) mass is 215 g/mol. The fraction of sp³-hybridized carbons (Fsp3) is 0.417. The summed E-state index contributed by atoms with van der Waals surface area (Å²) in [5.41, 5.74) is 2.56. The van der Waals surface area contributed by atoms with E-state index < -0.39 is 0 Å². The van der Waals surface area contributed by atoms with E-state index in [0.717, 1.165) is 23.3 Å². The molecule has 0 aromatic carbocycles. The van der Waals surface area contributed by atoms with E-state index >= 15 is 0 Å². The number of aromatic nitrogens is 3. The lowest BCUT2D eigenvalue weighted by Crippen LogP contribution is -2.29. The molecule has 3 rings (SSSR count). The average Bonchev–Trinajstić information content (AvgIpc) is 2.63. The zero-order valence-electron chi connectivity index (χ0n) is 9.40. The van der Waals surface area contributed by atoms with Crippen molar-refractivity contribution in [3.8, 4) is 0 Å². The van der Waals surface area contributed by atoms with Gasteiger partial charge in [-0.15, -0.1) is 0 Å². The van der Waals surface area contributed by atoms with Crippen LogP contribution in [0, 0.1) is 5.41 Å². The first-order valence-electron chi connectivity index (χ1n) is 5.42. The van der Waals surface area contributed by atoms with Crippen LogP contribution in [0.4, 0.5) is 0 Å². The summed E-state index contributed by atoms with van der Waals surface area (Å²) in [6.45, 7) is 4.23. The number of fused-ring (bicyclic) bond motifs is 3. The molecule has 0 aliphatic heterocycles. The standard InChI is InChI=1S/C12H13N3O/c1-12(2)5-9-8(10(16)6-12)7-13-11-3-4-14-15(9)11/h3-4,7H,5-6H2,1-2H3. The molecule has 2 heterocycles. The third-order valence-electron chi connectivity index (χ3n) is 3.10. The number of hydrogen-bond acceptors (Lipinski definition) is 3. The number of nitrogens with zero attached hydrogens (tertiary/aromatic N) is 3. The van der Waals surface area contributed by atoms with E-state index in [1.165, 1.54) is 0 Å². The fourth-order valence-electron chi connectivity index (χ4n) is 2.37. The van der Waals surface area contributed by atoms with Gasteiger partial charge in [-0.25, -0.2) is 9.50 Å². The molecule has 4 heteroatoms. The number of carbonyl (C=O) groups is 1. The first-order chi connectivity index (χ1) is 7.57. The third-order valence-corrected chi connectivity index (χ3v) is 3.10. The summed E-state index contributed by atoms with van der Waals surface area (Å²) in [6, 6.07) is 1.85. The highest BCUT2D eigenvalue weighted by Gasteiger charge is 2.32. The molecular weight excluding hydrogens is 202 g/mol. The minimum Gasteiger partial charge on any atom is -0.294 e. The van der Waals surface area contributed by atoms with Gasteiger partial charge in [0.1, 0.15) is 0 Å². The molecule has 0 N–H and O–H groups in total. The topological polar surface area (TPSA) is 47.3 Å². The van der Waals surface area contributed by atoms with Crippen molar-refractivity contribution in [2.24, 2.45) is 5.41 Å². The van der Waals surface area contributed by atoms with E-state index in [-0.39, 0.29) is 11.2 Å². The summed E-state index contributed by atoms with van der Waals surface area (Å²) in [4.78, 5) is 16.2. The van der Waals surface area contributed by atoms with Crippen LogP contribution in [0.15, 0.2) is 18.5 Å².